The molecule has 1 aromatic carbocycles. The Bertz CT molecular complexity index is 565. The van der Waals surface area contributed by atoms with Gasteiger partial charge in [-0.25, -0.2) is 0 Å². The first kappa shape index (κ1) is 17.5. The van der Waals surface area contributed by atoms with E-state index < -0.39 is 12.0 Å². The standard InChI is InChI=1S/C18H26N2O3/c1-12-8-9-13(2)15(10-12)20-17(21)11-16(18(22)23)19-14-6-4-3-5-7-14/h8-10,14,16,19H,3-7,11H2,1-2H3,(H,20,21)(H,22,23). The summed E-state index contributed by atoms with van der Waals surface area (Å²) in [6.07, 6.45) is 5.38. The zero-order valence-electron chi connectivity index (χ0n) is 13.9. The minimum absolute atomic E-state index is 0.0563. The zero-order chi connectivity index (χ0) is 16.8. The average molecular weight is 318 g/mol. The van der Waals surface area contributed by atoms with Crippen molar-refractivity contribution in [2.45, 2.75) is 64.5 Å². The van der Waals surface area contributed by atoms with E-state index in [9.17, 15) is 14.7 Å². The Balaban J connectivity index is 1.94. The number of amides is 1. The number of carboxylic acids is 1. The highest BCUT2D eigenvalue weighted by atomic mass is 16.4. The lowest BCUT2D eigenvalue weighted by Crippen LogP contribution is -2.46. The summed E-state index contributed by atoms with van der Waals surface area (Å²) in [6, 6.07) is 5.20. The molecule has 0 aliphatic heterocycles. The van der Waals surface area contributed by atoms with Gasteiger partial charge >= 0.3 is 5.97 Å². The second-order valence-corrected chi connectivity index (χ2v) is 6.46. The van der Waals surface area contributed by atoms with E-state index in [0.29, 0.717) is 0 Å². The fourth-order valence-corrected chi connectivity index (χ4v) is 3.03. The second kappa shape index (κ2) is 8.11. The quantitative estimate of drug-likeness (QED) is 0.753. The molecule has 1 fully saturated rings. The zero-order valence-corrected chi connectivity index (χ0v) is 13.9. The fourth-order valence-electron chi connectivity index (χ4n) is 3.03. The predicted octanol–water partition coefficient (Wildman–Crippen LogP) is 3.01. The van der Waals surface area contributed by atoms with E-state index in [1.807, 2.05) is 32.0 Å². The summed E-state index contributed by atoms with van der Waals surface area (Å²) in [7, 11) is 0. The molecule has 3 N–H and O–H groups in total. The third kappa shape index (κ3) is 5.36. The van der Waals surface area contributed by atoms with E-state index in [1.54, 1.807) is 0 Å². The Hall–Kier alpha value is -1.88. The maximum Gasteiger partial charge on any atom is 0.321 e. The molecule has 0 aromatic heterocycles. The van der Waals surface area contributed by atoms with Gasteiger partial charge in [-0.05, 0) is 43.9 Å². The van der Waals surface area contributed by atoms with Crippen LogP contribution in [-0.2, 0) is 9.59 Å². The van der Waals surface area contributed by atoms with E-state index in [0.717, 1.165) is 42.5 Å². The molecule has 1 aromatic rings. The van der Waals surface area contributed by atoms with Crippen LogP contribution in [-0.4, -0.2) is 29.1 Å². The van der Waals surface area contributed by atoms with Crippen LogP contribution < -0.4 is 10.6 Å². The molecule has 1 aliphatic rings. The van der Waals surface area contributed by atoms with Crippen molar-refractivity contribution in [1.29, 1.82) is 0 Å². The number of carbonyl (C=O) groups excluding carboxylic acids is 1. The molecule has 126 valence electrons. The van der Waals surface area contributed by atoms with Crippen LogP contribution in [0.3, 0.4) is 0 Å². The van der Waals surface area contributed by atoms with Gasteiger partial charge in [0.05, 0.1) is 6.42 Å². The Morgan fingerprint density at radius 2 is 1.91 bits per heavy atom. The molecule has 0 heterocycles. The summed E-state index contributed by atoms with van der Waals surface area (Å²) >= 11 is 0. The summed E-state index contributed by atoms with van der Waals surface area (Å²) in [4.78, 5) is 23.7. The number of carbonyl (C=O) groups is 2. The fraction of sp³-hybridized carbons (Fsp3) is 0.556. The molecule has 1 amide bonds. The Labute approximate surface area is 137 Å². The topological polar surface area (TPSA) is 78.4 Å². The van der Waals surface area contributed by atoms with Crippen molar-refractivity contribution in [2.75, 3.05) is 5.32 Å². The smallest absolute Gasteiger partial charge is 0.321 e. The van der Waals surface area contributed by atoms with Crippen molar-refractivity contribution in [3.63, 3.8) is 0 Å². The van der Waals surface area contributed by atoms with Crippen molar-refractivity contribution in [2.24, 2.45) is 0 Å². The number of hydrogen-bond donors (Lipinski definition) is 3. The maximum absolute atomic E-state index is 12.2. The summed E-state index contributed by atoms with van der Waals surface area (Å²) in [5.41, 5.74) is 2.77. The predicted molar refractivity (Wildman–Crippen MR) is 90.6 cm³/mol. The number of benzene rings is 1. The van der Waals surface area contributed by atoms with Crippen molar-refractivity contribution in [3.8, 4) is 0 Å². The number of nitrogens with one attached hydrogen (secondary N) is 2. The van der Waals surface area contributed by atoms with Gasteiger partial charge in [-0.2, -0.15) is 0 Å². The normalized spacial score (nSPS) is 16.8. The SMILES string of the molecule is Cc1ccc(C)c(NC(=O)CC(NC2CCCCC2)C(=O)O)c1. The van der Waals surface area contributed by atoms with Gasteiger partial charge < -0.3 is 15.7 Å². The molecule has 1 saturated carbocycles. The van der Waals surface area contributed by atoms with Gasteiger partial charge in [0.25, 0.3) is 0 Å². The highest BCUT2D eigenvalue weighted by Crippen LogP contribution is 2.19. The summed E-state index contributed by atoms with van der Waals surface area (Å²) in [6.45, 7) is 3.88. The third-order valence-corrected chi connectivity index (χ3v) is 4.40. The van der Waals surface area contributed by atoms with Crippen LogP contribution in [0.15, 0.2) is 18.2 Å². The molecule has 2 rings (SSSR count). The van der Waals surface area contributed by atoms with Gasteiger partial charge in [-0.3, -0.25) is 9.59 Å². The van der Waals surface area contributed by atoms with Crippen LogP contribution in [0.25, 0.3) is 0 Å². The number of aliphatic carboxylic acids is 1. The number of rotatable bonds is 6. The van der Waals surface area contributed by atoms with Gasteiger partial charge in [0.1, 0.15) is 6.04 Å². The molecule has 23 heavy (non-hydrogen) atoms. The van der Waals surface area contributed by atoms with E-state index in [2.05, 4.69) is 10.6 Å². The van der Waals surface area contributed by atoms with E-state index in [-0.39, 0.29) is 18.4 Å². The number of hydrogen-bond acceptors (Lipinski definition) is 3. The average Bonchev–Trinajstić information content (AvgIpc) is 2.51. The molecule has 0 radical (unpaired) electrons. The first-order chi connectivity index (χ1) is 11.0. The lowest BCUT2D eigenvalue weighted by molar-refractivity contribution is -0.141. The lowest BCUT2D eigenvalue weighted by Gasteiger charge is -2.26. The highest BCUT2D eigenvalue weighted by molar-refractivity contribution is 5.94. The summed E-state index contributed by atoms with van der Waals surface area (Å²) in [5.74, 6) is -1.24. The van der Waals surface area contributed by atoms with Crippen LogP contribution in [0.4, 0.5) is 5.69 Å². The van der Waals surface area contributed by atoms with Crippen molar-refractivity contribution in [3.05, 3.63) is 29.3 Å². The monoisotopic (exact) mass is 318 g/mol. The van der Waals surface area contributed by atoms with Gasteiger partial charge in [0, 0.05) is 11.7 Å². The summed E-state index contributed by atoms with van der Waals surface area (Å²) < 4.78 is 0. The van der Waals surface area contributed by atoms with Gasteiger partial charge in [-0.1, -0.05) is 31.4 Å². The van der Waals surface area contributed by atoms with E-state index in [1.165, 1.54) is 6.42 Å². The highest BCUT2D eigenvalue weighted by Gasteiger charge is 2.25. The molecule has 0 bridgehead atoms. The first-order valence-electron chi connectivity index (χ1n) is 8.31. The van der Waals surface area contributed by atoms with Crippen molar-refractivity contribution in [1.82, 2.24) is 5.32 Å². The van der Waals surface area contributed by atoms with Crippen LogP contribution in [0.1, 0.15) is 49.7 Å². The molecule has 0 saturated heterocycles. The van der Waals surface area contributed by atoms with Crippen LogP contribution in [0.5, 0.6) is 0 Å². The molecule has 1 unspecified atom stereocenters. The minimum Gasteiger partial charge on any atom is -0.480 e. The Morgan fingerprint density at radius 3 is 2.57 bits per heavy atom. The molecule has 0 spiro atoms. The third-order valence-electron chi connectivity index (χ3n) is 4.40. The van der Waals surface area contributed by atoms with Crippen molar-refractivity contribution < 1.29 is 14.7 Å². The number of anilines is 1. The van der Waals surface area contributed by atoms with Crippen molar-refractivity contribution >= 4 is 17.6 Å². The van der Waals surface area contributed by atoms with Crippen LogP contribution in [0, 0.1) is 13.8 Å². The lowest BCUT2D eigenvalue weighted by atomic mass is 9.94. The van der Waals surface area contributed by atoms with Crippen LogP contribution in [0.2, 0.25) is 0 Å². The first-order valence-corrected chi connectivity index (χ1v) is 8.31. The van der Waals surface area contributed by atoms with E-state index >= 15 is 0 Å². The molecular weight excluding hydrogens is 292 g/mol. The van der Waals surface area contributed by atoms with Crippen LogP contribution >= 0.6 is 0 Å². The maximum atomic E-state index is 12.2. The molecule has 5 nitrogen and oxygen atoms in total. The van der Waals surface area contributed by atoms with Gasteiger partial charge in [0.15, 0.2) is 0 Å². The minimum atomic E-state index is -0.966. The molecular formula is C18H26N2O3. The number of aryl methyl sites for hydroxylation is 2. The van der Waals surface area contributed by atoms with Gasteiger partial charge in [0.2, 0.25) is 5.91 Å². The molecule has 5 heteroatoms. The molecule has 1 aliphatic carbocycles. The summed E-state index contributed by atoms with van der Waals surface area (Å²) in [5, 5.41) is 15.3. The number of carboxylic acid groups (broad SMARTS) is 1. The molecule has 1 atom stereocenters. The Morgan fingerprint density at radius 1 is 1.22 bits per heavy atom. The second-order valence-electron chi connectivity index (χ2n) is 6.46. The Kier molecular flexibility index (Phi) is 6.16. The van der Waals surface area contributed by atoms with E-state index in [4.69, 9.17) is 0 Å². The largest absolute Gasteiger partial charge is 0.480 e. The van der Waals surface area contributed by atoms with Gasteiger partial charge in [-0.15, -0.1) is 0 Å².